The number of nitrogens with two attached hydrogens (primary N) is 1. The zero-order valence-electron chi connectivity index (χ0n) is 67.9. The lowest BCUT2D eigenvalue weighted by molar-refractivity contribution is -0.147. The number of aliphatic hydroxyl groups is 3. The lowest BCUT2D eigenvalue weighted by Gasteiger charge is -2.38. The van der Waals surface area contributed by atoms with Crippen molar-refractivity contribution >= 4 is 94.5 Å². The van der Waals surface area contributed by atoms with Crippen molar-refractivity contribution in [3.05, 3.63) is 35.9 Å². The van der Waals surface area contributed by atoms with Gasteiger partial charge in [0.2, 0.25) is 94.5 Å². The molecule has 2 heterocycles. The third-order valence-electron chi connectivity index (χ3n) is 19.8. The van der Waals surface area contributed by atoms with E-state index in [9.17, 15) is 92.0 Å². The number of nitrogens with one attached hydrogen (secondary N) is 13. The van der Waals surface area contributed by atoms with Gasteiger partial charge in [0, 0.05) is 39.3 Å². The van der Waals surface area contributed by atoms with Gasteiger partial charge >= 0.3 is 0 Å². The number of amides is 16. The van der Waals surface area contributed by atoms with Crippen molar-refractivity contribution in [2.75, 3.05) is 26.2 Å². The molecule has 2 fully saturated rings. The molecular formula is C75H124N16O19. The van der Waals surface area contributed by atoms with E-state index in [0.717, 1.165) is 15.4 Å². The zero-order valence-corrected chi connectivity index (χ0v) is 67.9. The van der Waals surface area contributed by atoms with Crippen molar-refractivity contribution in [1.82, 2.24) is 78.9 Å². The summed E-state index contributed by atoms with van der Waals surface area (Å²) in [6.45, 7) is 29.1. The molecule has 1 aromatic carbocycles. The Labute approximate surface area is 645 Å². The number of likely N-dealkylation sites (tertiary alicyclic amines) is 2. The molecule has 0 spiro atoms. The van der Waals surface area contributed by atoms with E-state index in [0.29, 0.717) is 0 Å². The number of hydrogen-bond donors (Lipinski definition) is 17. The minimum absolute atomic E-state index is 0.0144. The molecule has 0 saturated carbocycles. The van der Waals surface area contributed by atoms with Gasteiger partial charge in [-0.25, -0.2) is 0 Å². The Balaban J connectivity index is 1.73. The van der Waals surface area contributed by atoms with E-state index >= 15 is 0 Å². The number of nitrogens with zero attached hydrogens (tertiary/aromatic N) is 2. The predicted molar refractivity (Wildman–Crippen MR) is 405 cm³/mol. The Kier molecular flexibility index (Phi) is 33.6. The molecule has 35 nitrogen and oxygen atoms in total. The van der Waals surface area contributed by atoms with Crippen molar-refractivity contribution < 1.29 is 92.0 Å². The number of β-amino-alcohol motifs (C(OH)–C–C–N with tert-alkyl or cyclic N) is 2. The fourth-order valence-corrected chi connectivity index (χ4v) is 12.1. The second kappa shape index (κ2) is 39.0. The van der Waals surface area contributed by atoms with Crippen LogP contribution in [-0.4, -0.2) is 239 Å². The van der Waals surface area contributed by atoms with E-state index in [1.165, 1.54) is 96.9 Å². The molecule has 0 aliphatic carbocycles. The molecule has 0 bridgehead atoms. The van der Waals surface area contributed by atoms with E-state index in [-0.39, 0.29) is 69.7 Å². The van der Waals surface area contributed by atoms with Gasteiger partial charge in [-0.2, -0.15) is 0 Å². The first-order valence-corrected chi connectivity index (χ1v) is 37.5. The average Bonchev–Trinajstić information content (AvgIpc) is 1.28. The van der Waals surface area contributed by atoms with Crippen LogP contribution in [-0.2, 0) is 83.1 Å². The summed E-state index contributed by atoms with van der Waals surface area (Å²) < 4.78 is 0. The Morgan fingerprint density at radius 1 is 0.473 bits per heavy atom. The van der Waals surface area contributed by atoms with Gasteiger partial charge < -0.3 is 100.0 Å². The molecule has 618 valence electrons. The lowest BCUT2D eigenvalue weighted by atomic mass is 9.93. The predicted octanol–water partition coefficient (Wildman–Crippen LogP) is -2.09. The van der Waals surface area contributed by atoms with Crippen LogP contribution in [0.1, 0.15) is 209 Å². The topological polar surface area (TPSA) is 523 Å². The maximum Gasteiger partial charge on any atom is 0.248 e. The largest absolute Gasteiger partial charge is 0.394 e. The summed E-state index contributed by atoms with van der Waals surface area (Å²) in [4.78, 5) is 223. The van der Waals surface area contributed by atoms with Crippen molar-refractivity contribution in [2.24, 2.45) is 17.6 Å². The normalized spacial score (nSPS) is 18.9. The summed E-state index contributed by atoms with van der Waals surface area (Å²) in [7, 11) is 0. The van der Waals surface area contributed by atoms with E-state index in [1.807, 2.05) is 44.2 Å². The first-order chi connectivity index (χ1) is 50.5. The zero-order chi connectivity index (χ0) is 84.4. The van der Waals surface area contributed by atoms with Gasteiger partial charge in [0.1, 0.15) is 74.5 Å². The summed E-state index contributed by atoms with van der Waals surface area (Å²) in [6.07, 6.45) is -3.68. The molecule has 0 aromatic heterocycles. The molecule has 0 radical (unpaired) electrons. The Hall–Kier alpha value is -9.38. The van der Waals surface area contributed by atoms with Gasteiger partial charge in [-0.05, 0) is 152 Å². The minimum atomic E-state index is -1.90. The molecule has 18 N–H and O–H groups in total. The van der Waals surface area contributed by atoms with Crippen LogP contribution in [0.4, 0.5) is 0 Å². The van der Waals surface area contributed by atoms with E-state index in [1.54, 1.807) is 34.6 Å². The van der Waals surface area contributed by atoms with Gasteiger partial charge in [0.05, 0.1) is 31.4 Å². The fourth-order valence-electron chi connectivity index (χ4n) is 12.1. The number of rotatable bonds is 40. The van der Waals surface area contributed by atoms with Crippen LogP contribution in [0.25, 0.3) is 0 Å². The molecular weight excluding hydrogens is 1430 g/mol. The summed E-state index contributed by atoms with van der Waals surface area (Å²) in [6, 6.07) is 1.64. The first-order valence-electron chi connectivity index (χ1n) is 37.5. The molecule has 110 heavy (non-hydrogen) atoms. The number of primary amides is 1. The number of hydrogen-bond acceptors (Lipinski definition) is 19. The lowest BCUT2D eigenvalue weighted by Crippen LogP contribution is -2.68. The van der Waals surface area contributed by atoms with Crippen LogP contribution >= 0.6 is 0 Å². The van der Waals surface area contributed by atoms with Gasteiger partial charge in [-0.15, -0.1) is 0 Å². The molecule has 1 unspecified atom stereocenters. The number of benzene rings is 1. The molecule has 2 saturated heterocycles. The maximum absolute atomic E-state index is 14.7. The summed E-state index contributed by atoms with van der Waals surface area (Å²) >= 11 is 0. The SMILES string of the molecule is CC[C@@](C)(NC(=O)[C@H](CC(C)C)NC(=O)CNC(=O)[C@@](C)(CC)NC(=O)C(C)(C)NC(=O)C(C)(C)NC(=O)C(C)(C)NC(=O)[C@H](CC(C)C)NC(C)=O)C(=O)NC(C)(C)C(=O)N1C[C@H](O)C[C@H]1C(=O)NC(CCC(N)=O)C(=O)N[C@](C)(CC)C(=O)N1C[C@H](O)C[C@H]1C(=O)NC(C)(C)C(=O)N[C@H](CO)Cc1ccccc1. The molecule has 35 heteroatoms. The standard InChI is InChI=1S/C75H124N16O19/c1-22-73(19,89-63(106)71(15,16)87-62(105)70(13,14)86-61(104)69(11,12)82-56(99)49(32-41(4)5)78-43(8)93)64(107)77-37-54(97)80-50(33-42(6)7)57(100)84-74(20,23-2)65(108)88-72(17,18)66(109)90-38-46(94)35-51(90)58(101)81-48(30-31-53(76)96)55(98)85-75(21,24-3)67(110)91-39-47(95)36-52(91)59(102)83-68(9,10)60(103)79-45(40-92)34-44-28-26-25-27-29-44/h25-29,41-42,45-52,92,94-95H,22-24,30-40H2,1-21H3,(H2,76,96)(H,77,107)(H,78,93)(H,79,103)(H,80,97)(H,81,101)(H,82,99)(H,83,102)(H,84,100)(H,85,98)(H,86,104)(H,87,105)(H,88,108)(H,89,106)/t45-,46+,47+,48?,49-,50-,51-,52-,73+,74+,75+/m0/s1. The molecule has 3 rings (SSSR count). The second-order valence-corrected chi connectivity index (χ2v) is 33.1. The van der Waals surface area contributed by atoms with Crippen LogP contribution in [0.15, 0.2) is 30.3 Å². The average molecular weight is 1550 g/mol. The summed E-state index contributed by atoms with van der Waals surface area (Å²) in [5, 5.41) is 66.0. The molecule has 1 aromatic rings. The molecule has 11 atom stereocenters. The van der Waals surface area contributed by atoms with E-state index in [2.05, 4.69) is 69.1 Å². The van der Waals surface area contributed by atoms with Crippen molar-refractivity contribution in [3.63, 3.8) is 0 Å². The van der Waals surface area contributed by atoms with Gasteiger partial charge in [0.25, 0.3) is 0 Å². The number of carbonyl (C=O) groups is 16. The van der Waals surface area contributed by atoms with Crippen LogP contribution < -0.4 is 74.9 Å². The van der Waals surface area contributed by atoms with Crippen molar-refractivity contribution in [1.29, 1.82) is 0 Å². The first kappa shape index (κ1) is 94.8. The van der Waals surface area contributed by atoms with Gasteiger partial charge in [-0.1, -0.05) is 78.8 Å². The molecule has 16 amide bonds. The van der Waals surface area contributed by atoms with Crippen molar-refractivity contribution in [3.8, 4) is 0 Å². The van der Waals surface area contributed by atoms with Crippen LogP contribution in [0.5, 0.6) is 0 Å². The highest BCUT2D eigenvalue weighted by Gasteiger charge is 2.51. The summed E-state index contributed by atoms with van der Waals surface area (Å²) in [5.41, 5.74) is -7.52. The van der Waals surface area contributed by atoms with Crippen LogP contribution in [0, 0.1) is 11.8 Å². The fraction of sp³-hybridized carbons (Fsp3) is 0.707. The maximum atomic E-state index is 14.7. The highest BCUT2D eigenvalue weighted by atomic mass is 16.3. The Morgan fingerprint density at radius 2 is 0.891 bits per heavy atom. The summed E-state index contributed by atoms with van der Waals surface area (Å²) in [5.74, 6) is -13.2. The number of carbonyl (C=O) groups excluding carboxylic acids is 16. The third-order valence-corrected chi connectivity index (χ3v) is 19.8. The molecule has 2 aliphatic rings. The van der Waals surface area contributed by atoms with Gasteiger partial charge in [-0.3, -0.25) is 76.7 Å². The highest BCUT2D eigenvalue weighted by molar-refractivity contribution is 6.03. The van der Waals surface area contributed by atoms with Crippen LogP contribution in [0.3, 0.4) is 0 Å². The third kappa shape index (κ3) is 26.7. The monoisotopic (exact) mass is 1550 g/mol. The Morgan fingerprint density at radius 3 is 1.36 bits per heavy atom. The van der Waals surface area contributed by atoms with Gasteiger partial charge in [0.15, 0.2) is 0 Å². The number of aliphatic hydroxyl groups excluding tert-OH is 3. The quantitative estimate of drug-likeness (QED) is 0.0335. The van der Waals surface area contributed by atoms with Crippen LogP contribution in [0.2, 0.25) is 0 Å². The minimum Gasteiger partial charge on any atom is -0.394 e. The van der Waals surface area contributed by atoms with Crippen molar-refractivity contribution in [2.45, 2.75) is 302 Å². The second-order valence-electron chi connectivity index (χ2n) is 33.1. The highest BCUT2D eigenvalue weighted by Crippen LogP contribution is 2.28. The van der Waals surface area contributed by atoms with E-state index < -0.39 is 220 Å². The van der Waals surface area contributed by atoms with E-state index in [4.69, 9.17) is 5.73 Å². The Bertz CT molecular complexity index is 3550. The molecule has 2 aliphatic heterocycles. The smallest absolute Gasteiger partial charge is 0.248 e.